The molecule has 0 aliphatic heterocycles. The fraction of sp³-hybridized carbons (Fsp3) is 0.316. The molecule has 0 unspecified atom stereocenters. The molecule has 25 heavy (non-hydrogen) atoms. The minimum Gasteiger partial charge on any atom is -0.323 e. The van der Waals surface area contributed by atoms with E-state index in [4.69, 9.17) is 0 Å². The first kappa shape index (κ1) is 17.0. The predicted octanol–water partition coefficient (Wildman–Crippen LogP) is 2.93. The number of carbonyl (C=O) groups is 1. The Hall–Kier alpha value is -2.89. The maximum atomic E-state index is 12.6. The third-order valence-corrected chi connectivity index (χ3v) is 4.34. The van der Waals surface area contributed by atoms with Gasteiger partial charge in [-0.1, -0.05) is 17.7 Å². The van der Waals surface area contributed by atoms with Crippen molar-refractivity contribution >= 4 is 11.6 Å². The van der Waals surface area contributed by atoms with E-state index in [2.05, 4.69) is 34.6 Å². The number of carbonyl (C=O) groups excluding carboxylic acids is 1. The lowest BCUT2D eigenvalue weighted by Crippen LogP contribution is -2.16. The minimum atomic E-state index is -0.0496. The molecule has 0 aliphatic rings. The summed E-state index contributed by atoms with van der Waals surface area (Å²) in [7, 11) is 3.69. The van der Waals surface area contributed by atoms with Crippen LogP contribution in [0.25, 0.3) is 11.4 Å². The zero-order valence-corrected chi connectivity index (χ0v) is 15.3. The van der Waals surface area contributed by atoms with Gasteiger partial charge in [0.2, 0.25) is 5.91 Å². The Morgan fingerprint density at radius 1 is 1.16 bits per heavy atom. The Morgan fingerprint density at radius 2 is 1.84 bits per heavy atom. The number of nitrogens with one attached hydrogen (secondary N) is 1. The highest BCUT2D eigenvalue weighted by Crippen LogP contribution is 2.26. The second-order valence-corrected chi connectivity index (χ2v) is 6.51. The van der Waals surface area contributed by atoms with E-state index in [1.807, 2.05) is 40.2 Å². The van der Waals surface area contributed by atoms with Crippen molar-refractivity contribution in [2.75, 3.05) is 5.32 Å². The fourth-order valence-corrected chi connectivity index (χ4v) is 3.22. The molecule has 1 amide bonds. The molecule has 1 aromatic carbocycles. The number of nitrogens with zero attached hydrogens (tertiary/aromatic N) is 4. The van der Waals surface area contributed by atoms with E-state index < -0.39 is 0 Å². The van der Waals surface area contributed by atoms with Crippen molar-refractivity contribution in [3.8, 4) is 11.4 Å². The summed E-state index contributed by atoms with van der Waals surface area (Å²) in [4.78, 5) is 12.6. The maximum Gasteiger partial charge on any atom is 0.228 e. The van der Waals surface area contributed by atoms with Crippen molar-refractivity contribution in [3.05, 3.63) is 52.8 Å². The summed E-state index contributed by atoms with van der Waals surface area (Å²) in [5, 5.41) is 11.6. The minimum absolute atomic E-state index is 0.0496. The van der Waals surface area contributed by atoms with Gasteiger partial charge in [-0.05, 0) is 43.5 Å². The molecule has 2 heterocycles. The van der Waals surface area contributed by atoms with Gasteiger partial charge in [0.05, 0.1) is 17.8 Å². The third-order valence-electron chi connectivity index (χ3n) is 4.34. The summed E-state index contributed by atoms with van der Waals surface area (Å²) in [6, 6.07) is 6.10. The van der Waals surface area contributed by atoms with Crippen LogP contribution in [0.5, 0.6) is 0 Å². The standard InChI is InChI=1S/C19H23N5O/c1-12-8-13(2)15(14(3)9-12)10-18(25)21-16-11-23(4)22-19(16)17-6-7-20-24(17)5/h6-9,11H,10H2,1-5H3,(H,21,25). The highest BCUT2D eigenvalue weighted by atomic mass is 16.1. The highest BCUT2D eigenvalue weighted by Gasteiger charge is 2.16. The lowest BCUT2D eigenvalue weighted by atomic mass is 9.97. The molecular formula is C19H23N5O. The number of hydrogen-bond donors (Lipinski definition) is 1. The molecule has 2 aromatic heterocycles. The molecule has 0 aliphatic carbocycles. The largest absolute Gasteiger partial charge is 0.323 e. The van der Waals surface area contributed by atoms with E-state index in [1.54, 1.807) is 15.6 Å². The van der Waals surface area contributed by atoms with Crippen LogP contribution < -0.4 is 5.32 Å². The topological polar surface area (TPSA) is 64.7 Å². The van der Waals surface area contributed by atoms with E-state index in [1.165, 1.54) is 5.56 Å². The molecule has 0 spiro atoms. The van der Waals surface area contributed by atoms with E-state index in [0.717, 1.165) is 22.4 Å². The monoisotopic (exact) mass is 337 g/mol. The zero-order valence-electron chi connectivity index (χ0n) is 15.3. The molecule has 0 atom stereocenters. The Morgan fingerprint density at radius 3 is 2.44 bits per heavy atom. The second-order valence-electron chi connectivity index (χ2n) is 6.51. The van der Waals surface area contributed by atoms with E-state index in [9.17, 15) is 4.79 Å². The zero-order chi connectivity index (χ0) is 18.1. The Kier molecular flexibility index (Phi) is 4.44. The van der Waals surface area contributed by atoms with Crippen molar-refractivity contribution in [1.82, 2.24) is 19.6 Å². The van der Waals surface area contributed by atoms with Crippen molar-refractivity contribution in [3.63, 3.8) is 0 Å². The lowest BCUT2D eigenvalue weighted by Gasteiger charge is -2.11. The molecule has 130 valence electrons. The number of benzene rings is 1. The maximum absolute atomic E-state index is 12.6. The first-order chi connectivity index (χ1) is 11.8. The average molecular weight is 337 g/mol. The van der Waals surface area contributed by atoms with Crippen LogP contribution in [-0.4, -0.2) is 25.5 Å². The van der Waals surface area contributed by atoms with Crippen LogP contribution >= 0.6 is 0 Å². The summed E-state index contributed by atoms with van der Waals surface area (Å²) in [6.45, 7) is 6.17. The van der Waals surface area contributed by atoms with Crippen molar-refractivity contribution < 1.29 is 4.79 Å². The van der Waals surface area contributed by atoms with Gasteiger partial charge in [-0.15, -0.1) is 0 Å². The van der Waals surface area contributed by atoms with Gasteiger partial charge < -0.3 is 5.32 Å². The SMILES string of the molecule is Cc1cc(C)c(CC(=O)Nc2cn(C)nc2-c2ccnn2C)c(C)c1. The Balaban J connectivity index is 1.84. The smallest absolute Gasteiger partial charge is 0.228 e. The molecule has 0 radical (unpaired) electrons. The first-order valence-electron chi connectivity index (χ1n) is 8.23. The normalized spacial score (nSPS) is 10.9. The van der Waals surface area contributed by atoms with E-state index in [-0.39, 0.29) is 5.91 Å². The van der Waals surface area contributed by atoms with Gasteiger partial charge in [0.1, 0.15) is 5.69 Å². The summed E-state index contributed by atoms with van der Waals surface area (Å²) in [6.07, 6.45) is 3.88. The number of anilines is 1. The number of hydrogen-bond acceptors (Lipinski definition) is 3. The van der Waals surface area contributed by atoms with Gasteiger partial charge in [0.25, 0.3) is 0 Å². The summed E-state index contributed by atoms with van der Waals surface area (Å²) in [5.74, 6) is -0.0496. The predicted molar refractivity (Wildman–Crippen MR) is 98.4 cm³/mol. The number of amides is 1. The van der Waals surface area contributed by atoms with E-state index >= 15 is 0 Å². The van der Waals surface area contributed by atoms with Crippen molar-refractivity contribution in [2.45, 2.75) is 27.2 Å². The van der Waals surface area contributed by atoms with Gasteiger partial charge in [-0.25, -0.2) is 0 Å². The fourth-order valence-electron chi connectivity index (χ4n) is 3.22. The van der Waals surface area contributed by atoms with Gasteiger partial charge >= 0.3 is 0 Å². The molecule has 0 bridgehead atoms. The lowest BCUT2D eigenvalue weighted by molar-refractivity contribution is -0.115. The Labute approximate surface area is 147 Å². The number of aryl methyl sites for hydroxylation is 5. The van der Waals surface area contributed by atoms with Crippen LogP contribution in [0, 0.1) is 20.8 Å². The van der Waals surface area contributed by atoms with Crippen LogP contribution in [0.2, 0.25) is 0 Å². The van der Waals surface area contributed by atoms with Gasteiger partial charge in [-0.2, -0.15) is 10.2 Å². The van der Waals surface area contributed by atoms with Crippen LogP contribution in [0.4, 0.5) is 5.69 Å². The van der Waals surface area contributed by atoms with E-state index in [0.29, 0.717) is 17.8 Å². The van der Waals surface area contributed by atoms with Gasteiger partial charge in [-0.3, -0.25) is 14.2 Å². The third kappa shape index (κ3) is 3.47. The van der Waals surface area contributed by atoms with Crippen LogP contribution in [-0.2, 0) is 25.3 Å². The molecule has 6 nitrogen and oxygen atoms in total. The average Bonchev–Trinajstić information content (AvgIpc) is 3.08. The molecule has 3 rings (SSSR count). The first-order valence-corrected chi connectivity index (χ1v) is 8.23. The molecule has 1 N–H and O–H groups in total. The van der Waals surface area contributed by atoms with Crippen molar-refractivity contribution in [2.24, 2.45) is 14.1 Å². The quantitative estimate of drug-likeness (QED) is 0.796. The number of rotatable bonds is 4. The van der Waals surface area contributed by atoms with Gasteiger partial charge in [0.15, 0.2) is 0 Å². The van der Waals surface area contributed by atoms with Crippen LogP contribution in [0.3, 0.4) is 0 Å². The van der Waals surface area contributed by atoms with Crippen LogP contribution in [0.15, 0.2) is 30.6 Å². The molecular weight excluding hydrogens is 314 g/mol. The summed E-state index contributed by atoms with van der Waals surface area (Å²) < 4.78 is 3.44. The summed E-state index contributed by atoms with van der Waals surface area (Å²) in [5.41, 5.74) is 6.85. The molecule has 6 heteroatoms. The summed E-state index contributed by atoms with van der Waals surface area (Å²) >= 11 is 0. The molecule has 3 aromatic rings. The van der Waals surface area contributed by atoms with Crippen molar-refractivity contribution in [1.29, 1.82) is 0 Å². The van der Waals surface area contributed by atoms with Gasteiger partial charge in [0, 0.05) is 26.5 Å². The molecule has 0 saturated heterocycles. The van der Waals surface area contributed by atoms with Crippen LogP contribution in [0.1, 0.15) is 22.3 Å². The molecule has 0 fully saturated rings. The highest BCUT2D eigenvalue weighted by molar-refractivity contribution is 5.95. The second kappa shape index (κ2) is 6.55. The number of aromatic nitrogens is 4. The Bertz CT molecular complexity index is 912. The molecule has 0 saturated carbocycles.